The summed E-state index contributed by atoms with van der Waals surface area (Å²) >= 11 is 0. The van der Waals surface area contributed by atoms with Crippen LogP contribution in [0.4, 0.5) is 0 Å². The van der Waals surface area contributed by atoms with E-state index in [0.717, 1.165) is 6.42 Å². The molecule has 98 valence electrons. The molecule has 0 bridgehead atoms. The summed E-state index contributed by atoms with van der Waals surface area (Å²) in [6.07, 6.45) is 0.915. The summed E-state index contributed by atoms with van der Waals surface area (Å²) in [6, 6.07) is 10.1. The molecule has 0 amide bonds. The van der Waals surface area contributed by atoms with Crippen LogP contribution >= 0.6 is 0 Å². The van der Waals surface area contributed by atoms with Crippen LogP contribution in [0.15, 0.2) is 41.8 Å². The monoisotopic (exact) mass is 259 g/mol. The molecule has 0 aromatic heterocycles. The number of Topliss-reactive ketones (excluding diaryl/α,β-unsaturated/α-hetero) is 1. The van der Waals surface area contributed by atoms with Crippen molar-refractivity contribution in [2.75, 3.05) is 6.61 Å². The van der Waals surface area contributed by atoms with Crippen molar-refractivity contribution in [3.63, 3.8) is 0 Å². The predicted molar refractivity (Wildman–Crippen MR) is 66.3 cm³/mol. The van der Waals surface area contributed by atoms with Gasteiger partial charge in [-0.05, 0) is 12.0 Å². The second-order valence-corrected chi connectivity index (χ2v) is 4.72. The fourth-order valence-corrected chi connectivity index (χ4v) is 2.33. The Morgan fingerprint density at radius 2 is 2.05 bits per heavy atom. The van der Waals surface area contributed by atoms with E-state index in [-0.39, 0.29) is 24.1 Å². The topological polar surface area (TPSA) is 75.6 Å². The Bertz CT molecular complexity index is 564. The van der Waals surface area contributed by atoms with Crippen LogP contribution in [-0.4, -0.2) is 29.5 Å². The summed E-state index contributed by atoms with van der Waals surface area (Å²) in [7, 11) is 0. The smallest absolute Gasteiger partial charge is 0.344 e. The number of carboxylic acids is 1. The van der Waals surface area contributed by atoms with Gasteiger partial charge in [0.25, 0.3) is 0 Å². The highest BCUT2D eigenvalue weighted by atomic mass is 16.5. The molecule has 0 saturated heterocycles. The maximum absolute atomic E-state index is 11.4. The molecule has 2 N–H and O–H groups in total. The van der Waals surface area contributed by atoms with Crippen molar-refractivity contribution < 1.29 is 19.4 Å². The first-order valence-corrected chi connectivity index (χ1v) is 6.12. The Morgan fingerprint density at radius 3 is 2.74 bits per heavy atom. The average molecular weight is 259 g/mol. The van der Waals surface area contributed by atoms with Crippen molar-refractivity contribution in [3.8, 4) is 0 Å². The first-order valence-electron chi connectivity index (χ1n) is 6.12. The number of benzene rings is 1. The molecular formula is C14H13NO4. The zero-order valence-electron chi connectivity index (χ0n) is 10.1. The van der Waals surface area contributed by atoms with E-state index in [1.807, 2.05) is 30.3 Å². The number of carbonyl (C=O) groups is 2. The number of ketones is 1. The van der Waals surface area contributed by atoms with Gasteiger partial charge in [-0.15, -0.1) is 0 Å². The molecule has 5 heteroatoms. The first kappa shape index (κ1) is 11.8. The van der Waals surface area contributed by atoms with Crippen LogP contribution in [0, 0.1) is 0 Å². The van der Waals surface area contributed by atoms with Crippen molar-refractivity contribution in [2.24, 2.45) is 0 Å². The molecule has 0 radical (unpaired) electrons. The Labute approximate surface area is 109 Å². The van der Waals surface area contributed by atoms with Gasteiger partial charge < -0.3 is 15.2 Å². The largest absolute Gasteiger partial charge is 0.477 e. The summed E-state index contributed by atoms with van der Waals surface area (Å²) in [5.41, 5.74) is 0.945. The van der Waals surface area contributed by atoms with E-state index >= 15 is 0 Å². The zero-order chi connectivity index (χ0) is 13.4. The highest BCUT2D eigenvalue weighted by molar-refractivity contribution is 6.18. The predicted octanol–water partition coefficient (Wildman–Crippen LogP) is 1.03. The van der Waals surface area contributed by atoms with E-state index in [1.165, 1.54) is 5.56 Å². The molecule has 1 aliphatic carbocycles. The fraction of sp³-hybridized carbons (Fsp3) is 0.286. The lowest BCUT2D eigenvalue weighted by atomic mass is 10.1. The fourth-order valence-electron chi connectivity index (χ4n) is 2.33. The summed E-state index contributed by atoms with van der Waals surface area (Å²) in [4.78, 5) is 22.4. The minimum Gasteiger partial charge on any atom is -0.477 e. The Kier molecular flexibility index (Phi) is 2.74. The Morgan fingerprint density at radius 1 is 1.32 bits per heavy atom. The van der Waals surface area contributed by atoms with Crippen molar-refractivity contribution in [1.29, 1.82) is 0 Å². The van der Waals surface area contributed by atoms with Crippen LogP contribution in [0.2, 0.25) is 0 Å². The first-order chi connectivity index (χ1) is 9.16. The molecule has 1 aromatic carbocycles. The number of aliphatic carboxylic acids is 1. The van der Waals surface area contributed by atoms with Crippen LogP contribution in [-0.2, 0) is 14.3 Å². The molecule has 2 atom stereocenters. The minimum absolute atomic E-state index is 0.112. The number of ether oxygens (including phenoxy) is 1. The lowest BCUT2D eigenvalue weighted by molar-refractivity contribution is -0.134. The van der Waals surface area contributed by atoms with E-state index in [4.69, 9.17) is 9.84 Å². The number of carbonyl (C=O) groups excluding carboxylic acids is 1. The van der Waals surface area contributed by atoms with Gasteiger partial charge in [0, 0.05) is 12.0 Å². The number of nitrogens with one attached hydrogen (secondary N) is 1. The van der Waals surface area contributed by atoms with Crippen molar-refractivity contribution in [2.45, 2.75) is 18.4 Å². The minimum atomic E-state index is -1.23. The SMILES string of the molecule is O=C(O)C1=C(N[C@@H]2C[C@H]2c2ccccc2)OCC1=O. The van der Waals surface area contributed by atoms with Crippen LogP contribution < -0.4 is 5.32 Å². The van der Waals surface area contributed by atoms with Crippen LogP contribution in [0.25, 0.3) is 0 Å². The normalized spacial score (nSPS) is 25.2. The lowest BCUT2D eigenvalue weighted by Crippen LogP contribution is -2.21. The van der Waals surface area contributed by atoms with Gasteiger partial charge in [0.2, 0.25) is 11.7 Å². The molecule has 3 rings (SSSR count). The van der Waals surface area contributed by atoms with Crippen molar-refractivity contribution in [1.82, 2.24) is 5.32 Å². The standard InChI is InChI=1S/C14H13NO4/c16-11-7-19-13(12(11)14(17)18)15-10-6-9(10)8-4-2-1-3-5-8/h1-5,9-10,15H,6-7H2,(H,17,18)/t9-,10+/m0/s1. The third-order valence-corrected chi connectivity index (χ3v) is 3.40. The molecule has 5 nitrogen and oxygen atoms in total. The van der Waals surface area contributed by atoms with Crippen LogP contribution in [0.1, 0.15) is 17.9 Å². The van der Waals surface area contributed by atoms with Gasteiger partial charge in [0.1, 0.15) is 0 Å². The number of carboxylic acid groups (broad SMARTS) is 1. The Hall–Kier alpha value is -2.30. The summed E-state index contributed by atoms with van der Waals surface area (Å²) in [5, 5.41) is 12.0. The second-order valence-electron chi connectivity index (χ2n) is 4.72. The van der Waals surface area contributed by atoms with Gasteiger partial charge in [-0.25, -0.2) is 4.79 Å². The number of hydrogen-bond donors (Lipinski definition) is 2. The van der Waals surface area contributed by atoms with E-state index in [9.17, 15) is 9.59 Å². The molecule has 1 saturated carbocycles. The van der Waals surface area contributed by atoms with E-state index in [0.29, 0.717) is 5.92 Å². The molecule has 1 aliphatic heterocycles. The molecule has 19 heavy (non-hydrogen) atoms. The van der Waals surface area contributed by atoms with Gasteiger partial charge in [-0.1, -0.05) is 30.3 Å². The van der Waals surface area contributed by atoms with E-state index in [2.05, 4.69) is 5.32 Å². The molecule has 1 fully saturated rings. The van der Waals surface area contributed by atoms with Crippen LogP contribution in [0.5, 0.6) is 0 Å². The third-order valence-electron chi connectivity index (χ3n) is 3.40. The van der Waals surface area contributed by atoms with Gasteiger partial charge in [0.15, 0.2) is 12.2 Å². The molecule has 0 unspecified atom stereocenters. The Balaban J connectivity index is 1.71. The number of rotatable bonds is 4. The average Bonchev–Trinajstić information content (AvgIpc) is 3.06. The summed E-state index contributed by atoms with van der Waals surface area (Å²) < 4.78 is 5.11. The van der Waals surface area contributed by atoms with Gasteiger partial charge >= 0.3 is 5.97 Å². The number of hydrogen-bond acceptors (Lipinski definition) is 4. The van der Waals surface area contributed by atoms with E-state index in [1.54, 1.807) is 0 Å². The van der Waals surface area contributed by atoms with E-state index < -0.39 is 11.8 Å². The van der Waals surface area contributed by atoms with Gasteiger partial charge in [-0.3, -0.25) is 4.79 Å². The summed E-state index contributed by atoms with van der Waals surface area (Å²) in [6.45, 7) is -0.188. The molecule has 1 heterocycles. The maximum atomic E-state index is 11.4. The van der Waals surface area contributed by atoms with Crippen molar-refractivity contribution >= 4 is 11.8 Å². The van der Waals surface area contributed by atoms with Crippen molar-refractivity contribution in [3.05, 3.63) is 47.4 Å². The molecule has 0 spiro atoms. The lowest BCUT2D eigenvalue weighted by Gasteiger charge is -2.07. The maximum Gasteiger partial charge on any atom is 0.344 e. The molecule has 2 aliphatic rings. The highest BCUT2D eigenvalue weighted by Gasteiger charge is 2.41. The van der Waals surface area contributed by atoms with Gasteiger partial charge in [0.05, 0.1) is 0 Å². The zero-order valence-corrected chi connectivity index (χ0v) is 10.1. The quantitative estimate of drug-likeness (QED) is 0.790. The highest BCUT2D eigenvalue weighted by Crippen LogP contribution is 2.41. The molecule has 1 aromatic rings. The second kappa shape index (κ2) is 4.42. The third kappa shape index (κ3) is 2.19. The van der Waals surface area contributed by atoms with Gasteiger partial charge in [-0.2, -0.15) is 0 Å². The molecular weight excluding hydrogens is 246 g/mol. The summed E-state index contributed by atoms with van der Waals surface area (Å²) in [5.74, 6) is -1.25. The van der Waals surface area contributed by atoms with Crippen LogP contribution in [0.3, 0.4) is 0 Å².